The zero-order valence-electron chi connectivity index (χ0n) is 14.3. The Bertz CT molecular complexity index is 698. The zero-order chi connectivity index (χ0) is 17.8. The molecule has 1 unspecified atom stereocenters. The molecule has 3 rings (SSSR count). The summed E-state index contributed by atoms with van der Waals surface area (Å²) >= 11 is 0. The molecule has 132 valence electrons. The van der Waals surface area contributed by atoms with Crippen molar-refractivity contribution in [3.05, 3.63) is 60.2 Å². The minimum absolute atomic E-state index is 0.0353. The van der Waals surface area contributed by atoms with Crippen LogP contribution in [0.5, 0.6) is 0 Å². The summed E-state index contributed by atoms with van der Waals surface area (Å²) in [5.41, 5.74) is -1.18. The van der Waals surface area contributed by atoms with Crippen molar-refractivity contribution < 1.29 is 14.6 Å². The Morgan fingerprint density at radius 3 is 2.48 bits per heavy atom. The summed E-state index contributed by atoms with van der Waals surface area (Å²) in [7, 11) is 0. The number of benzene rings is 1. The highest BCUT2D eigenvalue weighted by molar-refractivity contribution is 5.78. The first-order chi connectivity index (χ1) is 12.0. The molecule has 2 heterocycles. The summed E-state index contributed by atoms with van der Waals surface area (Å²) in [5.74, 6) is 0.356. The Kier molecular flexibility index (Phi) is 5.11. The van der Waals surface area contributed by atoms with Gasteiger partial charge in [-0.1, -0.05) is 30.3 Å². The summed E-state index contributed by atoms with van der Waals surface area (Å²) < 4.78 is 5.44. The van der Waals surface area contributed by atoms with Crippen molar-refractivity contribution in [1.82, 2.24) is 15.3 Å². The van der Waals surface area contributed by atoms with Crippen LogP contribution in [0.25, 0.3) is 0 Å². The van der Waals surface area contributed by atoms with Crippen molar-refractivity contribution in [3.8, 4) is 0 Å². The van der Waals surface area contributed by atoms with E-state index in [-0.39, 0.29) is 12.3 Å². The molecule has 0 aliphatic carbocycles. The van der Waals surface area contributed by atoms with Crippen molar-refractivity contribution >= 4 is 5.91 Å². The number of rotatable bonds is 5. The molecular weight excluding hydrogens is 318 g/mol. The molecule has 1 aliphatic heterocycles. The van der Waals surface area contributed by atoms with Crippen LogP contribution in [0.4, 0.5) is 0 Å². The Labute approximate surface area is 147 Å². The number of carbonyl (C=O) groups excluding carboxylic acids is 1. The molecule has 6 heteroatoms. The van der Waals surface area contributed by atoms with Gasteiger partial charge >= 0.3 is 0 Å². The van der Waals surface area contributed by atoms with E-state index in [0.717, 1.165) is 0 Å². The minimum atomic E-state index is -1.24. The third-order valence-corrected chi connectivity index (χ3v) is 4.62. The largest absolute Gasteiger partial charge is 0.385 e. The van der Waals surface area contributed by atoms with Gasteiger partial charge in [-0.25, -0.2) is 9.97 Å². The lowest BCUT2D eigenvalue weighted by molar-refractivity contribution is -0.129. The predicted octanol–water partition coefficient (Wildman–Crippen LogP) is 1.90. The van der Waals surface area contributed by atoms with Crippen LogP contribution >= 0.6 is 0 Å². The number of ether oxygens (including phenoxy) is 1. The van der Waals surface area contributed by atoms with Crippen molar-refractivity contribution in [2.45, 2.75) is 37.3 Å². The Morgan fingerprint density at radius 2 is 1.84 bits per heavy atom. The van der Waals surface area contributed by atoms with Gasteiger partial charge in [-0.05, 0) is 18.6 Å². The maximum absolute atomic E-state index is 12.7. The lowest BCUT2D eigenvalue weighted by Crippen LogP contribution is -2.51. The number of nitrogens with zero attached hydrogens (tertiary/aromatic N) is 2. The molecule has 1 amide bonds. The maximum atomic E-state index is 12.7. The standard InChI is InChI=1S/C19H23N3O3/c1-18(24,15-6-3-2-4-7-15)14-16(23)22-19(8-12-25-13-9-19)17-20-10-5-11-21-17/h2-7,10-11,24H,8-9,12-14H2,1H3,(H,22,23). The monoisotopic (exact) mass is 341 g/mol. The highest BCUT2D eigenvalue weighted by Crippen LogP contribution is 2.31. The van der Waals surface area contributed by atoms with Crippen molar-refractivity contribution in [3.63, 3.8) is 0 Å². The summed E-state index contributed by atoms with van der Waals surface area (Å²) in [6.45, 7) is 2.72. The number of amides is 1. The average molecular weight is 341 g/mol. The van der Waals surface area contributed by atoms with Crippen molar-refractivity contribution in [2.24, 2.45) is 0 Å². The SMILES string of the molecule is CC(O)(CC(=O)NC1(c2ncccn2)CCOCC1)c1ccccc1. The average Bonchev–Trinajstić information content (AvgIpc) is 2.63. The third-order valence-electron chi connectivity index (χ3n) is 4.62. The lowest BCUT2D eigenvalue weighted by Gasteiger charge is -2.37. The smallest absolute Gasteiger partial charge is 0.224 e. The molecule has 0 saturated carbocycles. The Balaban J connectivity index is 1.77. The van der Waals surface area contributed by atoms with Gasteiger partial charge in [0.15, 0.2) is 5.82 Å². The molecule has 1 aromatic heterocycles. The molecule has 1 aliphatic rings. The van der Waals surface area contributed by atoms with Crippen LogP contribution in [0.15, 0.2) is 48.8 Å². The molecule has 0 bridgehead atoms. The summed E-state index contributed by atoms with van der Waals surface area (Å²) in [5, 5.41) is 13.8. The zero-order valence-corrected chi connectivity index (χ0v) is 14.3. The quantitative estimate of drug-likeness (QED) is 0.868. The third kappa shape index (κ3) is 4.03. The van der Waals surface area contributed by atoms with E-state index in [1.165, 1.54) is 0 Å². The molecule has 0 radical (unpaired) electrons. The van der Waals surface area contributed by atoms with Crippen molar-refractivity contribution in [2.75, 3.05) is 13.2 Å². The van der Waals surface area contributed by atoms with Gasteiger partial charge in [0.2, 0.25) is 5.91 Å². The summed E-state index contributed by atoms with van der Waals surface area (Å²) in [6.07, 6.45) is 4.52. The molecule has 25 heavy (non-hydrogen) atoms. The molecule has 1 atom stereocenters. The summed E-state index contributed by atoms with van der Waals surface area (Å²) in [6, 6.07) is 11.0. The van der Waals surface area contributed by atoms with E-state index in [0.29, 0.717) is 37.4 Å². The van der Waals surface area contributed by atoms with E-state index in [9.17, 15) is 9.90 Å². The van der Waals surface area contributed by atoms with Gasteiger partial charge in [0, 0.05) is 38.4 Å². The highest BCUT2D eigenvalue weighted by Gasteiger charge is 2.39. The van der Waals surface area contributed by atoms with E-state index in [2.05, 4.69) is 15.3 Å². The Hall–Kier alpha value is -2.31. The fourth-order valence-corrected chi connectivity index (χ4v) is 3.19. The van der Waals surface area contributed by atoms with Gasteiger partial charge in [-0.15, -0.1) is 0 Å². The number of aliphatic hydroxyl groups is 1. The number of nitrogens with one attached hydrogen (secondary N) is 1. The van der Waals surface area contributed by atoms with Gasteiger partial charge in [-0.2, -0.15) is 0 Å². The fraction of sp³-hybridized carbons (Fsp3) is 0.421. The molecule has 1 aromatic carbocycles. The molecule has 1 saturated heterocycles. The second-order valence-electron chi connectivity index (χ2n) is 6.63. The van der Waals surface area contributed by atoms with E-state index < -0.39 is 11.1 Å². The van der Waals surface area contributed by atoms with E-state index in [4.69, 9.17) is 4.74 Å². The molecule has 6 nitrogen and oxygen atoms in total. The van der Waals surface area contributed by atoms with Gasteiger partial charge in [0.05, 0.1) is 12.0 Å². The van der Waals surface area contributed by atoms with Gasteiger partial charge in [-0.3, -0.25) is 4.79 Å². The van der Waals surface area contributed by atoms with Crippen LogP contribution in [-0.4, -0.2) is 34.2 Å². The first-order valence-electron chi connectivity index (χ1n) is 8.46. The molecule has 2 aromatic rings. The number of carbonyl (C=O) groups is 1. The van der Waals surface area contributed by atoms with Gasteiger partial charge < -0.3 is 15.2 Å². The number of hydrogen-bond acceptors (Lipinski definition) is 5. The number of hydrogen-bond donors (Lipinski definition) is 2. The van der Waals surface area contributed by atoms with Crippen LogP contribution < -0.4 is 5.32 Å². The summed E-state index contributed by atoms with van der Waals surface area (Å²) in [4.78, 5) is 21.4. The van der Waals surface area contributed by atoms with Gasteiger partial charge in [0.1, 0.15) is 5.54 Å². The minimum Gasteiger partial charge on any atom is -0.385 e. The first kappa shape index (κ1) is 17.5. The number of aromatic nitrogens is 2. The molecular formula is C19H23N3O3. The van der Waals surface area contributed by atoms with E-state index in [1.54, 1.807) is 25.4 Å². The molecule has 0 spiro atoms. The van der Waals surface area contributed by atoms with E-state index in [1.807, 2.05) is 30.3 Å². The second-order valence-corrected chi connectivity index (χ2v) is 6.63. The molecule has 2 N–H and O–H groups in total. The van der Waals surface area contributed by atoms with Crippen LogP contribution in [0.1, 0.15) is 37.6 Å². The fourth-order valence-electron chi connectivity index (χ4n) is 3.19. The normalized spacial score (nSPS) is 19.0. The Morgan fingerprint density at radius 1 is 1.20 bits per heavy atom. The topological polar surface area (TPSA) is 84.3 Å². The highest BCUT2D eigenvalue weighted by atomic mass is 16.5. The van der Waals surface area contributed by atoms with Crippen LogP contribution in [0, 0.1) is 0 Å². The van der Waals surface area contributed by atoms with Crippen LogP contribution in [0.2, 0.25) is 0 Å². The lowest BCUT2D eigenvalue weighted by atomic mass is 9.87. The van der Waals surface area contributed by atoms with Crippen LogP contribution in [0.3, 0.4) is 0 Å². The second kappa shape index (κ2) is 7.29. The molecule has 1 fully saturated rings. The first-order valence-corrected chi connectivity index (χ1v) is 8.46. The van der Waals surface area contributed by atoms with Gasteiger partial charge in [0.25, 0.3) is 0 Å². The van der Waals surface area contributed by atoms with Crippen molar-refractivity contribution in [1.29, 1.82) is 0 Å². The van der Waals surface area contributed by atoms with E-state index >= 15 is 0 Å². The maximum Gasteiger partial charge on any atom is 0.224 e. The van der Waals surface area contributed by atoms with Crippen LogP contribution in [-0.2, 0) is 20.7 Å². The predicted molar refractivity (Wildman–Crippen MR) is 92.5 cm³/mol.